The van der Waals surface area contributed by atoms with Gasteiger partial charge in [-0.05, 0) is 31.2 Å². The summed E-state index contributed by atoms with van der Waals surface area (Å²) >= 11 is 0. The lowest BCUT2D eigenvalue weighted by Crippen LogP contribution is -2.11. The number of rotatable bonds is 5. The van der Waals surface area contributed by atoms with Gasteiger partial charge in [-0.2, -0.15) is 0 Å². The monoisotopic (exact) mass is 254 g/mol. The molecule has 0 aromatic heterocycles. The van der Waals surface area contributed by atoms with Gasteiger partial charge in [0, 0.05) is 11.1 Å². The van der Waals surface area contributed by atoms with E-state index in [1.54, 1.807) is 36.4 Å². The maximum atomic E-state index is 11.8. The molecule has 0 saturated carbocycles. The number of carbonyl (C=O) groups excluding carboxylic acids is 2. The quantitative estimate of drug-likeness (QED) is 0.770. The average molecular weight is 254 g/mol. The maximum absolute atomic E-state index is 11.8. The summed E-state index contributed by atoms with van der Waals surface area (Å²) in [6.07, 6.45) is 0. The normalized spacial score (nSPS) is 9.95. The summed E-state index contributed by atoms with van der Waals surface area (Å²) in [6, 6.07) is 15.7. The molecule has 0 heterocycles. The van der Waals surface area contributed by atoms with Crippen LogP contribution in [0.2, 0.25) is 0 Å². The van der Waals surface area contributed by atoms with E-state index in [0.29, 0.717) is 16.9 Å². The third-order valence-corrected chi connectivity index (χ3v) is 2.73. The van der Waals surface area contributed by atoms with Crippen molar-refractivity contribution < 1.29 is 14.3 Å². The molecule has 0 aliphatic rings. The van der Waals surface area contributed by atoms with Gasteiger partial charge in [0.2, 0.25) is 0 Å². The van der Waals surface area contributed by atoms with Crippen molar-refractivity contribution in [2.24, 2.45) is 0 Å². The van der Waals surface area contributed by atoms with Crippen LogP contribution in [0, 0.1) is 0 Å². The first kappa shape index (κ1) is 13.0. The van der Waals surface area contributed by atoms with Crippen molar-refractivity contribution in [1.82, 2.24) is 0 Å². The molecule has 0 unspecified atom stereocenters. The Bertz CT molecular complexity index is 571. The minimum Gasteiger partial charge on any atom is -0.485 e. The van der Waals surface area contributed by atoms with Crippen molar-refractivity contribution in [2.45, 2.75) is 6.92 Å². The molecule has 0 amide bonds. The number of Topliss-reactive ketones (excluding diaryl/α,β-unsaturated/α-hetero) is 2. The SMILES string of the molecule is CC(=O)c1ccc(OCC(=O)c2ccccc2)cc1. The van der Waals surface area contributed by atoms with Gasteiger partial charge in [-0.25, -0.2) is 0 Å². The Morgan fingerprint density at radius 1 is 0.895 bits per heavy atom. The van der Waals surface area contributed by atoms with E-state index in [1.807, 2.05) is 18.2 Å². The zero-order valence-electron chi connectivity index (χ0n) is 10.6. The first-order valence-corrected chi connectivity index (χ1v) is 5.99. The summed E-state index contributed by atoms with van der Waals surface area (Å²) in [5, 5.41) is 0. The Morgan fingerprint density at radius 3 is 2.11 bits per heavy atom. The number of ketones is 2. The zero-order chi connectivity index (χ0) is 13.7. The van der Waals surface area contributed by atoms with Crippen LogP contribution in [0.3, 0.4) is 0 Å². The van der Waals surface area contributed by atoms with Crippen LogP contribution in [0.4, 0.5) is 0 Å². The average Bonchev–Trinajstić information content (AvgIpc) is 2.46. The molecule has 0 N–H and O–H groups in total. The van der Waals surface area contributed by atoms with E-state index in [0.717, 1.165) is 0 Å². The van der Waals surface area contributed by atoms with Gasteiger partial charge < -0.3 is 4.74 Å². The Labute approximate surface area is 111 Å². The molecular weight excluding hydrogens is 240 g/mol. The van der Waals surface area contributed by atoms with Crippen LogP contribution in [0.15, 0.2) is 54.6 Å². The van der Waals surface area contributed by atoms with Crippen LogP contribution >= 0.6 is 0 Å². The lowest BCUT2D eigenvalue weighted by molar-refractivity contribution is 0.0920. The fraction of sp³-hybridized carbons (Fsp3) is 0.125. The fourth-order valence-electron chi connectivity index (χ4n) is 1.64. The van der Waals surface area contributed by atoms with Gasteiger partial charge >= 0.3 is 0 Å². The van der Waals surface area contributed by atoms with Crippen LogP contribution in [-0.2, 0) is 0 Å². The summed E-state index contributed by atoms with van der Waals surface area (Å²) in [5.74, 6) is 0.512. The summed E-state index contributed by atoms with van der Waals surface area (Å²) < 4.78 is 5.40. The lowest BCUT2D eigenvalue weighted by Gasteiger charge is -2.06. The summed E-state index contributed by atoms with van der Waals surface area (Å²) in [4.78, 5) is 22.9. The van der Waals surface area contributed by atoms with Crippen LogP contribution in [0.5, 0.6) is 5.75 Å². The van der Waals surface area contributed by atoms with Crippen molar-refractivity contribution >= 4 is 11.6 Å². The van der Waals surface area contributed by atoms with Crippen molar-refractivity contribution in [2.75, 3.05) is 6.61 Å². The lowest BCUT2D eigenvalue weighted by atomic mass is 10.1. The second-order valence-corrected chi connectivity index (χ2v) is 4.16. The first-order chi connectivity index (χ1) is 9.16. The van der Waals surface area contributed by atoms with E-state index in [-0.39, 0.29) is 18.2 Å². The molecule has 0 fully saturated rings. The molecule has 0 spiro atoms. The highest BCUT2D eigenvalue weighted by Gasteiger charge is 2.06. The molecule has 0 radical (unpaired) electrons. The zero-order valence-corrected chi connectivity index (χ0v) is 10.6. The fourth-order valence-corrected chi connectivity index (χ4v) is 1.64. The van der Waals surface area contributed by atoms with Gasteiger partial charge in [0.25, 0.3) is 0 Å². The third-order valence-electron chi connectivity index (χ3n) is 2.73. The van der Waals surface area contributed by atoms with E-state index in [9.17, 15) is 9.59 Å². The third kappa shape index (κ3) is 3.52. The Hall–Kier alpha value is -2.42. The van der Waals surface area contributed by atoms with Gasteiger partial charge in [-0.1, -0.05) is 30.3 Å². The Balaban J connectivity index is 1.95. The molecule has 2 aromatic carbocycles. The van der Waals surface area contributed by atoms with E-state index in [2.05, 4.69) is 0 Å². The van der Waals surface area contributed by atoms with E-state index < -0.39 is 0 Å². The standard InChI is InChI=1S/C16H14O3/c1-12(17)13-7-9-15(10-8-13)19-11-16(18)14-5-3-2-4-6-14/h2-10H,11H2,1H3. The number of benzene rings is 2. The van der Waals surface area contributed by atoms with Gasteiger partial charge in [0.1, 0.15) is 5.75 Å². The Kier molecular flexibility index (Phi) is 4.08. The maximum Gasteiger partial charge on any atom is 0.200 e. The second-order valence-electron chi connectivity index (χ2n) is 4.16. The number of ether oxygens (including phenoxy) is 1. The van der Waals surface area contributed by atoms with E-state index in [4.69, 9.17) is 4.74 Å². The predicted octanol–water partition coefficient (Wildman–Crippen LogP) is 3.15. The van der Waals surface area contributed by atoms with Gasteiger partial charge in [-0.3, -0.25) is 9.59 Å². The minimum absolute atomic E-state index is 0.00640. The second kappa shape index (κ2) is 5.96. The molecule has 0 aliphatic carbocycles. The molecule has 2 rings (SSSR count). The largest absolute Gasteiger partial charge is 0.485 e. The number of hydrogen-bond acceptors (Lipinski definition) is 3. The van der Waals surface area contributed by atoms with Crippen molar-refractivity contribution in [3.63, 3.8) is 0 Å². The summed E-state index contributed by atoms with van der Waals surface area (Å²) in [7, 11) is 0. The predicted molar refractivity (Wildman–Crippen MR) is 72.7 cm³/mol. The molecule has 3 nitrogen and oxygen atoms in total. The summed E-state index contributed by atoms with van der Waals surface area (Å²) in [6.45, 7) is 1.50. The molecule has 0 aliphatic heterocycles. The van der Waals surface area contributed by atoms with Crippen LogP contribution in [0.1, 0.15) is 27.6 Å². The topological polar surface area (TPSA) is 43.4 Å². The Morgan fingerprint density at radius 2 is 1.53 bits per heavy atom. The smallest absolute Gasteiger partial charge is 0.200 e. The highest BCUT2D eigenvalue weighted by molar-refractivity contribution is 5.97. The summed E-state index contributed by atoms with van der Waals surface area (Å²) in [5.41, 5.74) is 1.25. The molecule has 3 heteroatoms. The molecule has 0 atom stereocenters. The molecular formula is C16H14O3. The van der Waals surface area contributed by atoms with Gasteiger partial charge in [0.15, 0.2) is 18.2 Å². The van der Waals surface area contributed by atoms with E-state index in [1.165, 1.54) is 6.92 Å². The minimum atomic E-state index is -0.0729. The molecule has 0 bridgehead atoms. The van der Waals surface area contributed by atoms with E-state index >= 15 is 0 Å². The van der Waals surface area contributed by atoms with Crippen LogP contribution < -0.4 is 4.74 Å². The molecule has 96 valence electrons. The number of carbonyl (C=O) groups is 2. The van der Waals surface area contributed by atoms with Crippen LogP contribution in [0.25, 0.3) is 0 Å². The van der Waals surface area contributed by atoms with Crippen molar-refractivity contribution in [3.05, 3.63) is 65.7 Å². The highest BCUT2D eigenvalue weighted by atomic mass is 16.5. The first-order valence-electron chi connectivity index (χ1n) is 5.99. The molecule has 0 saturated heterocycles. The number of hydrogen-bond donors (Lipinski definition) is 0. The van der Waals surface area contributed by atoms with Crippen LogP contribution in [-0.4, -0.2) is 18.2 Å². The molecule has 2 aromatic rings. The van der Waals surface area contributed by atoms with Crippen molar-refractivity contribution in [1.29, 1.82) is 0 Å². The van der Waals surface area contributed by atoms with Gasteiger partial charge in [-0.15, -0.1) is 0 Å². The highest BCUT2D eigenvalue weighted by Crippen LogP contribution is 2.13. The van der Waals surface area contributed by atoms with Crippen molar-refractivity contribution in [3.8, 4) is 5.75 Å². The molecule has 19 heavy (non-hydrogen) atoms. The van der Waals surface area contributed by atoms with Gasteiger partial charge in [0.05, 0.1) is 0 Å².